The predicted octanol–water partition coefficient (Wildman–Crippen LogP) is 2.83. The van der Waals surface area contributed by atoms with Crippen LogP contribution in [-0.2, 0) is 30.3 Å². The van der Waals surface area contributed by atoms with Crippen LogP contribution < -0.4 is 10.6 Å². The summed E-state index contributed by atoms with van der Waals surface area (Å²) < 4.78 is 10.2. The van der Waals surface area contributed by atoms with Crippen LogP contribution in [0.3, 0.4) is 0 Å². The summed E-state index contributed by atoms with van der Waals surface area (Å²) in [7, 11) is 0. The fourth-order valence-electron chi connectivity index (χ4n) is 2.94. The molecule has 0 bridgehead atoms. The average molecular weight is 392 g/mol. The Labute approximate surface area is 167 Å². The molecule has 0 aliphatic rings. The average Bonchev–Trinajstić information content (AvgIpc) is 2.66. The molecule has 0 radical (unpaired) electrons. The van der Waals surface area contributed by atoms with Gasteiger partial charge in [0.25, 0.3) is 0 Å². The number of benzene rings is 1. The zero-order valence-electron chi connectivity index (χ0n) is 17.5. The van der Waals surface area contributed by atoms with Gasteiger partial charge < -0.3 is 20.1 Å². The molecule has 1 aromatic rings. The summed E-state index contributed by atoms with van der Waals surface area (Å²) in [6.07, 6.45) is 1.96. The standard InChI is InChI=1S/C21H32N2O5/c1-6-17(7-2)22-18-12-10-16(11-13-18)14-21(23-15(5)24,19(25)27-8-3)20(26)28-9-4/h10-13,17,22H,6-9,14H2,1-5H3,(H,23,24). The Morgan fingerprint density at radius 2 is 1.43 bits per heavy atom. The third kappa shape index (κ3) is 6.25. The number of hydrogen-bond acceptors (Lipinski definition) is 6. The molecule has 0 aliphatic carbocycles. The van der Waals surface area contributed by atoms with Gasteiger partial charge in [-0.05, 0) is 44.4 Å². The SMILES string of the molecule is CCOC(=O)C(Cc1ccc(NC(CC)CC)cc1)(NC(C)=O)C(=O)OCC. The van der Waals surface area contributed by atoms with Gasteiger partial charge in [-0.1, -0.05) is 26.0 Å². The maximum absolute atomic E-state index is 12.7. The monoisotopic (exact) mass is 392 g/mol. The molecule has 0 saturated carbocycles. The van der Waals surface area contributed by atoms with Crippen molar-refractivity contribution in [2.45, 2.75) is 65.5 Å². The van der Waals surface area contributed by atoms with Crippen molar-refractivity contribution >= 4 is 23.5 Å². The van der Waals surface area contributed by atoms with Crippen LogP contribution in [0, 0.1) is 0 Å². The molecule has 7 heteroatoms. The number of anilines is 1. The number of nitrogens with one attached hydrogen (secondary N) is 2. The Hall–Kier alpha value is -2.57. The first-order valence-electron chi connectivity index (χ1n) is 9.81. The van der Waals surface area contributed by atoms with E-state index in [2.05, 4.69) is 24.5 Å². The van der Waals surface area contributed by atoms with Gasteiger partial charge >= 0.3 is 11.9 Å². The van der Waals surface area contributed by atoms with Crippen molar-refractivity contribution in [2.24, 2.45) is 0 Å². The third-order valence-corrected chi connectivity index (χ3v) is 4.42. The van der Waals surface area contributed by atoms with Gasteiger partial charge in [0.05, 0.1) is 13.2 Å². The van der Waals surface area contributed by atoms with Gasteiger partial charge in [-0.2, -0.15) is 0 Å². The molecule has 0 fully saturated rings. The quantitative estimate of drug-likeness (QED) is 0.444. The normalized spacial score (nSPS) is 11.1. The molecule has 28 heavy (non-hydrogen) atoms. The van der Waals surface area contributed by atoms with E-state index < -0.39 is 23.4 Å². The molecular weight excluding hydrogens is 360 g/mol. The molecule has 1 rings (SSSR count). The third-order valence-electron chi connectivity index (χ3n) is 4.42. The second-order valence-corrected chi connectivity index (χ2v) is 6.56. The molecule has 0 atom stereocenters. The molecule has 1 aromatic carbocycles. The van der Waals surface area contributed by atoms with E-state index in [4.69, 9.17) is 9.47 Å². The lowest BCUT2D eigenvalue weighted by atomic mass is 9.90. The summed E-state index contributed by atoms with van der Waals surface area (Å²) >= 11 is 0. The van der Waals surface area contributed by atoms with Crippen LogP contribution in [0.4, 0.5) is 5.69 Å². The lowest BCUT2D eigenvalue weighted by molar-refractivity contribution is -0.168. The topological polar surface area (TPSA) is 93.7 Å². The van der Waals surface area contributed by atoms with Gasteiger partial charge in [0.15, 0.2) is 0 Å². The molecule has 7 nitrogen and oxygen atoms in total. The van der Waals surface area contributed by atoms with Crippen LogP contribution in [0.1, 0.15) is 53.0 Å². The predicted molar refractivity (Wildman–Crippen MR) is 108 cm³/mol. The lowest BCUT2D eigenvalue weighted by Gasteiger charge is -2.29. The van der Waals surface area contributed by atoms with Gasteiger partial charge in [-0.25, -0.2) is 9.59 Å². The van der Waals surface area contributed by atoms with Crippen molar-refractivity contribution in [1.29, 1.82) is 0 Å². The molecule has 156 valence electrons. The second-order valence-electron chi connectivity index (χ2n) is 6.56. The van der Waals surface area contributed by atoms with Crippen molar-refractivity contribution in [3.05, 3.63) is 29.8 Å². The first-order chi connectivity index (χ1) is 13.3. The lowest BCUT2D eigenvalue weighted by Crippen LogP contribution is -2.62. The van der Waals surface area contributed by atoms with E-state index in [-0.39, 0.29) is 19.6 Å². The number of carbonyl (C=O) groups excluding carboxylic acids is 3. The second kappa shape index (κ2) is 11.3. The fourth-order valence-corrected chi connectivity index (χ4v) is 2.94. The Morgan fingerprint density at radius 3 is 1.82 bits per heavy atom. The highest BCUT2D eigenvalue weighted by Crippen LogP contribution is 2.21. The van der Waals surface area contributed by atoms with Gasteiger partial charge in [-0.15, -0.1) is 0 Å². The maximum Gasteiger partial charge on any atom is 0.344 e. The van der Waals surface area contributed by atoms with Gasteiger partial charge in [-0.3, -0.25) is 4.79 Å². The van der Waals surface area contributed by atoms with Gasteiger partial charge in [0.1, 0.15) is 0 Å². The number of esters is 2. The Bertz CT molecular complexity index is 635. The molecule has 0 spiro atoms. The Kier molecular flexibility index (Phi) is 9.48. The molecule has 0 aliphatic heterocycles. The van der Waals surface area contributed by atoms with Crippen molar-refractivity contribution in [1.82, 2.24) is 5.32 Å². The first-order valence-corrected chi connectivity index (χ1v) is 9.81. The number of ether oxygens (including phenoxy) is 2. The fraction of sp³-hybridized carbons (Fsp3) is 0.571. The number of amides is 1. The van der Waals surface area contributed by atoms with Gasteiger partial charge in [0, 0.05) is 25.1 Å². The van der Waals surface area contributed by atoms with Crippen LogP contribution in [0.2, 0.25) is 0 Å². The van der Waals surface area contributed by atoms with E-state index in [0.717, 1.165) is 18.5 Å². The number of rotatable bonds is 11. The molecule has 0 saturated heterocycles. The molecule has 0 aromatic heterocycles. The van der Waals surface area contributed by atoms with Crippen LogP contribution in [0.25, 0.3) is 0 Å². The van der Waals surface area contributed by atoms with E-state index in [1.54, 1.807) is 13.8 Å². The highest BCUT2D eigenvalue weighted by atomic mass is 16.6. The van der Waals surface area contributed by atoms with E-state index in [9.17, 15) is 14.4 Å². The first kappa shape index (κ1) is 23.5. The molecular formula is C21H32N2O5. The van der Waals surface area contributed by atoms with E-state index in [1.807, 2.05) is 24.3 Å². The van der Waals surface area contributed by atoms with E-state index >= 15 is 0 Å². The smallest absolute Gasteiger partial charge is 0.344 e. The summed E-state index contributed by atoms with van der Waals surface area (Å²) in [4.78, 5) is 37.1. The van der Waals surface area contributed by atoms with E-state index in [1.165, 1.54) is 6.92 Å². The summed E-state index contributed by atoms with van der Waals surface area (Å²) in [6.45, 7) is 8.93. The van der Waals surface area contributed by atoms with Crippen LogP contribution in [-0.4, -0.2) is 42.6 Å². The number of carbonyl (C=O) groups is 3. The van der Waals surface area contributed by atoms with Crippen LogP contribution >= 0.6 is 0 Å². The minimum atomic E-state index is -1.91. The Balaban J connectivity index is 3.18. The van der Waals surface area contributed by atoms with Crippen molar-refractivity contribution in [3.63, 3.8) is 0 Å². The van der Waals surface area contributed by atoms with Crippen molar-refractivity contribution in [3.8, 4) is 0 Å². The maximum atomic E-state index is 12.7. The molecule has 2 N–H and O–H groups in total. The van der Waals surface area contributed by atoms with Gasteiger partial charge in [0.2, 0.25) is 11.4 Å². The van der Waals surface area contributed by atoms with Crippen molar-refractivity contribution < 1.29 is 23.9 Å². The molecule has 0 unspecified atom stereocenters. The summed E-state index contributed by atoms with van der Waals surface area (Å²) in [6, 6.07) is 7.80. The van der Waals surface area contributed by atoms with Crippen LogP contribution in [0.5, 0.6) is 0 Å². The largest absolute Gasteiger partial charge is 0.464 e. The summed E-state index contributed by atoms with van der Waals surface area (Å²) in [5, 5.41) is 5.91. The zero-order valence-corrected chi connectivity index (χ0v) is 17.5. The number of hydrogen-bond donors (Lipinski definition) is 2. The molecule has 0 heterocycles. The van der Waals surface area contributed by atoms with Crippen LogP contribution in [0.15, 0.2) is 24.3 Å². The van der Waals surface area contributed by atoms with Crippen molar-refractivity contribution in [2.75, 3.05) is 18.5 Å². The highest BCUT2D eigenvalue weighted by molar-refractivity contribution is 6.08. The zero-order chi connectivity index (χ0) is 21.2. The highest BCUT2D eigenvalue weighted by Gasteiger charge is 2.50. The summed E-state index contributed by atoms with van der Waals surface area (Å²) in [5.41, 5.74) is -0.262. The molecule has 1 amide bonds. The minimum absolute atomic E-state index is 0.0600. The Morgan fingerprint density at radius 1 is 0.929 bits per heavy atom. The minimum Gasteiger partial charge on any atom is -0.464 e. The summed E-state index contributed by atoms with van der Waals surface area (Å²) in [5.74, 6) is -2.18. The van der Waals surface area contributed by atoms with E-state index in [0.29, 0.717) is 11.6 Å².